The van der Waals surface area contributed by atoms with Gasteiger partial charge < -0.3 is 16.0 Å². The Kier molecular flexibility index (Phi) is 5.18. The third-order valence-electron chi connectivity index (χ3n) is 3.94. The fourth-order valence-corrected chi connectivity index (χ4v) is 2.68. The predicted octanol–water partition coefficient (Wildman–Crippen LogP) is 1.82. The highest BCUT2D eigenvalue weighted by molar-refractivity contribution is 6.04. The first-order chi connectivity index (χ1) is 11.7. The number of nitrogens with zero attached hydrogens (tertiary/aromatic N) is 1. The van der Waals surface area contributed by atoms with Crippen molar-refractivity contribution in [3.05, 3.63) is 59.9 Å². The van der Waals surface area contributed by atoms with E-state index in [1.807, 2.05) is 0 Å². The quantitative estimate of drug-likeness (QED) is 0.801. The second kappa shape index (κ2) is 7.70. The highest BCUT2D eigenvalue weighted by atomic mass is 16.2. The Morgan fingerprint density at radius 3 is 2.75 bits per heavy atom. The van der Waals surface area contributed by atoms with Crippen LogP contribution in [0.2, 0.25) is 0 Å². The van der Waals surface area contributed by atoms with E-state index in [2.05, 4.69) is 20.9 Å². The summed E-state index contributed by atoms with van der Waals surface area (Å²) < 4.78 is 0. The van der Waals surface area contributed by atoms with Crippen molar-refractivity contribution in [3.8, 4) is 0 Å². The zero-order chi connectivity index (χ0) is 16.8. The third kappa shape index (κ3) is 4.17. The van der Waals surface area contributed by atoms with Crippen molar-refractivity contribution >= 4 is 17.5 Å². The van der Waals surface area contributed by atoms with E-state index in [1.54, 1.807) is 42.6 Å². The van der Waals surface area contributed by atoms with Gasteiger partial charge in [0.1, 0.15) is 0 Å². The standard InChI is InChI=1S/C18H20N4O2/c23-17(22-16-7-3-9-20-12-16)13-4-1-6-15(10-13)21-18(24)14-5-2-8-19-11-14/h1-2,4-6,8,10-11,16,20H,3,7,9,12H2,(H,21,24)(H,22,23)/t16-/m0/s1. The van der Waals surface area contributed by atoms with Gasteiger partial charge in [-0.3, -0.25) is 14.6 Å². The number of carbonyl (C=O) groups is 2. The van der Waals surface area contributed by atoms with E-state index in [-0.39, 0.29) is 17.9 Å². The molecular weight excluding hydrogens is 304 g/mol. The van der Waals surface area contributed by atoms with E-state index in [9.17, 15) is 9.59 Å². The van der Waals surface area contributed by atoms with Gasteiger partial charge in [-0.25, -0.2) is 0 Å². The molecule has 0 saturated carbocycles. The van der Waals surface area contributed by atoms with Crippen LogP contribution >= 0.6 is 0 Å². The molecule has 124 valence electrons. The summed E-state index contributed by atoms with van der Waals surface area (Å²) in [5.41, 5.74) is 1.59. The fraction of sp³-hybridized carbons (Fsp3) is 0.278. The van der Waals surface area contributed by atoms with Gasteiger partial charge in [-0.1, -0.05) is 6.07 Å². The van der Waals surface area contributed by atoms with Crippen molar-refractivity contribution in [3.63, 3.8) is 0 Å². The van der Waals surface area contributed by atoms with Gasteiger partial charge in [-0.05, 0) is 49.7 Å². The molecule has 0 radical (unpaired) electrons. The van der Waals surface area contributed by atoms with Crippen LogP contribution < -0.4 is 16.0 Å². The van der Waals surface area contributed by atoms with Crippen LogP contribution in [0.3, 0.4) is 0 Å². The summed E-state index contributed by atoms with van der Waals surface area (Å²) in [6.45, 7) is 1.80. The monoisotopic (exact) mass is 324 g/mol. The Hall–Kier alpha value is -2.73. The summed E-state index contributed by atoms with van der Waals surface area (Å²) in [5.74, 6) is -0.377. The number of nitrogens with one attached hydrogen (secondary N) is 3. The Morgan fingerprint density at radius 2 is 2.00 bits per heavy atom. The van der Waals surface area contributed by atoms with Crippen LogP contribution in [0.25, 0.3) is 0 Å². The second-order valence-electron chi connectivity index (χ2n) is 5.79. The summed E-state index contributed by atoms with van der Waals surface area (Å²) in [7, 11) is 0. The van der Waals surface area contributed by atoms with Gasteiger partial charge in [0, 0.05) is 36.2 Å². The molecule has 1 aromatic heterocycles. The maximum absolute atomic E-state index is 12.4. The number of benzene rings is 1. The van der Waals surface area contributed by atoms with E-state index in [1.165, 1.54) is 6.20 Å². The molecule has 0 spiro atoms. The Morgan fingerprint density at radius 1 is 1.12 bits per heavy atom. The van der Waals surface area contributed by atoms with Crippen LogP contribution in [0.5, 0.6) is 0 Å². The summed E-state index contributed by atoms with van der Waals surface area (Å²) in [6, 6.07) is 10.5. The molecule has 0 aliphatic carbocycles. The van der Waals surface area contributed by atoms with Gasteiger partial charge in [-0.2, -0.15) is 0 Å². The van der Waals surface area contributed by atoms with E-state index >= 15 is 0 Å². The normalized spacial score (nSPS) is 17.1. The van der Waals surface area contributed by atoms with Crippen LogP contribution in [0.1, 0.15) is 33.6 Å². The lowest BCUT2D eigenvalue weighted by molar-refractivity contribution is 0.0929. The van der Waals surface area contributed by atoms with Gasteiger partial charge in [0.15, 0.2) is 0 Å². The Balaban J connectivity index is 1.65. The number of rotatable bonds is 4. The smallest absolute Gasteiger partial charge is 0.257 e. The van der Waals surface area contributed by atoms with E-state index < -0.39 is 0 Å². The lowest BCUT2D eigenvalue weighted by Gasteiger charge is -2.23. The van der Waals surface area contributed by atoms with Crippen molar-refractivity contribution in [2.45, 2.75) is 18.9 Å². The topological polar surface area (TPSA) is 83.1 Å². The third-order valence-corrected chi connectivity index (χ3v) is 3.94. The van der Waals surface area contributed by atoms with E-state index in [0.29, 0.717) is 16.8 Å². The average molecular weight is 324 g/mol. The zero-order valence-electron chi connectivity index (χ0n) is 13.3. The molecule has 0 unspecified atom stereocenters. The molecule has 3 rings (SSSR count). The number of piperidine rings is 1. The molecule has 2 amide bonds. The lowest BCUT2D eigenvalue weighted by Crippen LogP contribution is -2.45. The molecule has 2 aromatic rings. The maximum atomic E-state index is 12.4. The first-order valence-electron chi connectivity index (χ1n) is 8.05. The first-order valence-corrected chi connectivity index (χ1v) is 8.05. The van der Waals surface area contributed by atoms with Crippen molar-refractivity contribution in [1.29, 1.82) is 0 Å². The van der Waals surface area contributed by atoms with Crippen LogP contribution in [0.15, 0.2) is 48.8 Å². The summed E-state index contributed by atoms with van der Waals surface area (Å²) in [5, 5.41) is 9.08. The number of pyridine rings is 1. The lowest BCUT2D eigenvalue weighted by atomic mass is 10.1. The molecule has 1 saturated heterocycles. The molecule has 0 bridgehead atoms. The van der Waals surface area contributed by atoms with Crippen molar-refractivity contribution in [2.24, 2.45) is 0 Å². The minimum atomic E-state index is -0.253. The Bertz CT molecular complexity index is 712. The summed E-state index contributed by atoms with van der Waals surface area (Å²) in [6.07, 6.45) is 5.16. The zero-order valence-corrected chi connectivity index (χ0v) is 13.3. The molecule has 24 heavy (non-hydrogen) atoms. The number of amides is 2. The van der Waals surface area contributed by atoms with E-state index in [0.717, 1.165) is 25.9 Å². The second-order valence-corrected chi connectivity index (χ2v) is 5.79. The molecule has 1 fully saturated rings. The summed E-state index contributed by atoms with van der Waals surface area (Å²) in [4.78, 5) is 28.4. The highest BCUT2D eigenvalue weighted by Gasteiger charge is 2.16. The molecule has 3 N–H and O–H groups in total. The van der Waals surface area contributed by atoms with Crippen molar-refractivity contribution in [2.75, 3.05) is 18.4 Å². The molecule has 1 aliphatic heterocycles. The number of hydrogen-bond donors (Lipinski definition) is 3. The molecule has 2 heterocycles. The first kappa shape index (κ1) is 16.1. The van der Waals surface area contributed by atoms with Gasteiger partial charge in [0.2, 0.25) is 0 Å². The van der Waals surface area contributed by atoms with Crippen LogP contribution in [0.4, 0.5) is 5.69 Å². The van der Waals surface area contributed by atoms with Crippen LogP contribution in [-0.2, 0) is 0 Å². The molecule has 1 atom stereocenters. The number of anilines is 1. The molecular formula is C18H20N4O2. The van der Waals surface area contributed by atoms with Gasteiger partial charge in [-0.15, -0.1) is 0 Å². The fourth-order valence-electron chi connectivity index (χ4n) is 2.68. The van der Waals surface area contributed by atoms with Crippen molar-refractivity contribution in [1.82, 2.24) is 15.6 Å². The van der Waals surface area contributed by atoms with Crippen LogP contribution in [0, 0.1) is 0 Å². The Labute approximate surface area is 140 Å². The van der Waals surface area contributed by atoms with E-state index in [4.69, 9.17) is 0 Å². The predicted molar refractivity (Wildman–Crippen MR) is 92.0 cm³/mol. The van der Waals surface area contributed by atoms with Crippen LogP contribution in [-0.4, -0.2) is 35.9 Å². The molecule has 1 aromatic carbocycles. The summed E-state index contributed by atoms with van der Waals surface area (Å²) >= 11 is 0. The number of carbonyl (C=O) groups excluding carboxylic acids is 2. The van der Waals surface area contributed by atoms with Gasteiger partial charge in [0.05, 0.1) is 5.56 Å². The maximum Gasteiger partial charge on any atom is 0.257 e. The van der Waals surface area contributed by atoms with Gasteiger partial charge in [0.25, 0.3) is 11.8 Å². The molecule has 6 nitrogen and oxygen atoms in total. The van der Waals surface area contributed by atoms with Crippen molar-refractivity contribution < 1.29 is 9.59 Å². The SMILES string of the molecule is O=C(Nc1cccc(C(=O)N[C@H]2CCCNC2)c1)c1cccnc1. The average Bonchev–Trinajstić information content (AvgIpc) is 2.63. The number of hydrogen-bond acceptors (Lipinski definition) is 4. The highest BCUT2D eigenvalue weighted by Crippen LogP contribution is 2.13. The minimum Gasteiger partial charge on any atom is -0.348 e. The number of aromatic nitrogens is 1. The molecule has 6 heteroatoms. The minimum absolute atomic E-state index is 0.124. The largest absolute Gasteiger partial charge is 0.348 e. The van der Waals surface area contributed by atoms with Gasteiger partial charge >= 0.3 is 0 Å². The molecule has 1 aliphatic rings.